The van der Waals surface area contributed by atoms with E-state index in [1.165, 1.54) is 11.1 Å². The number of likely N-dealkylation sites (N-methyl/N-ethyl adjacent to an activating group) is 1. The average molecular weight is 234 g/mol. The molecule has 2 rings (SSSR count). The van der Waals surface area contributed by atoms with E-state index in [9.17, 15) is 0 Å². The third-order valence-corrected chi connectivity index (χ3v) is 3.99. The first-order valence-electron chi connectivity index (χ1n) is 6.11. The molecule has 1 aromatic rings. The summed E-state index contributed by atoms with van der Waals surface area (Å²) in [5.74, 6) is 1.02. The van der Waals surface area contributed by atoms with E-state index in [4.69, 9.17) is 10.5 Å². The van der Waals surface area contributed by atoms with Crippen molar-refractivity contribution < 1.29 is 4.74 Å². The highest BCUT2D eigenvalue weighted by Crippen LogP contribution is 2.32. The Morgan fingerprint density at radius 2 is 2.06 bits per heavy atom. The monoisotopic (exact) mass is 234 g/mol. The number of nitrogens with zero attached hydrogens (tertiary/aromatic N) is 1. The minimum atomic E-state index is -0.0618. The van der Waals surface area contributed by atoms with Crippen LogP contribution in [0.3, 0.4) is 0 Å². The summed E-state index contributed by atoms with van der Waals surface area (Å²) in [7, 11) is 4.13. The molecule has 0 fully saturated rings. The summed E-state index contributed by atoms with van der Waals surface area (Å²) < 4.78 is 5.52. The zero-order chi connectivity index (χ0) is 12.6. The molecule has 1 atom stereocenters. The van der Waals surface area contributed by atoms with Gasteiger partial charge in [0.1, 0.15) is 5.75 Å². The van der Waals surface area contributed by atoms with Gasteiger partial charge in [-0.2, -0.15) is 0 Å². The van der Waals surface area contributed by atoms with E-state index >= 15 is 0 Å². The van der Waals surface area contributed by atoms with Crippen molar-refractivity contribution in [2.24, 2.45) is 5.73 Å². The van der Waals surface area contributed by atoms with Crippen molar-refractivity contribution in [1.29, 1.82) is 0 Å². The summed E-state index contributed by atoms with van der Waals surface area (Å²) in [5.41, 5.74) is 8.80. The van der Waals surface area contributed by atoms with Gasteiger partial charge in [-0.3, -0.25) is 0 Å². The third kappa shape index (κ3) is 2.17. The zero-order valence-electron chi connectivity index (χ0n) is 11.2. The van der Waals surface area contributed by atoms with Crippen molar-refractivity contribution in [3.05, 3.63) is 29.3 Å². The molecular weight excluding hydrogens is 212 g/mol. The minimum Gasteiger partial charge on any atom is -0.493 e. The van der Waals surface area contributed by atoms with Gasteiger partial charge in [0.25, 0.3) is 0 Å². The molecule has 3 heteroatoms. The molecule has 17 heavy (non-hydrogen) atoms. The SMILES string of the molecule is CN(C)C(C)(C)C(N)c1ccc2c(c1)CCO2. The van der Waals surface area contributed by atoms with Crippen LogP contribution in [-0.2, 0) is 6.42 Å². The number of ether oxygens (including phenoxy) is 1. The van der Waals surface area contributed by atoms with Gasteiger partial charge in [-0.15, -0.1) is 0 Å². The third-order valence-electron chi connectivity index (χ3n) is 3.99. The maximum Gasteiger partial charge on any atom is 0.122 e. The summed E-state index contributed by atoms with van der Waals surface area (Å²) >= 11 is 0. The molecule has 0 bridgehead atoms. The van der Waals surface area contributed by atoms with Crippen molar-refractivity contribution in [2.45, 2.75) is 31.8 Å². The van der Waals surface area contributed by atoms with Crippen LogP contribution in [0.2, 0.25) is 0 Å². The Balaban J connectivity index is 2.29. The Bertz CT molecular complexity index is 413. The van der Waals surface area contributed by atoms with E-state index < -0.39 is 0 Å². The van der Waals surface area contributed by atoms with Gasteiger partial charge in [-0.1, -0.05) is 12.1 Å². The maximum absolute atomic E-state index is 6.39. The standard InChI is InChI=1S/C14H22N2O/c1-14(2,16(3)4)13(15)11-5-6-12-10(9-11)7-8-17-12/h5-6,9,13H,7-8,15H2,1-4H3. The number of rotatable bonds is 3. The fourth-order valence-corrected chi connectivity index (χ4v) is 2.09. The highest BCUT2D eigenvalue weighted by molar-refractivity contribution is 5.41. The van der Waals surface area contributed by atoms with E-state index in [1.807, 2.05) is 6.07 Å². The van der Waals surface area contributed by atoms with Crippen LogP contribution in [0.1, 0.15) is 31.0 Å². The lowest BCUT2D eigenvalue weighted by atomic mass is 9.87. The second-order valence-electron chi connectivity index (χ2n) is 5.49. The number of benzene rings is 1. The molecule has 3 nitrogen and oxygen atoms in total. The maximum atomic E-state index is 6.39. The molecular formula is C14H22N2O. The van der Waals surface area contributed by atoms with Crippen LogP contribution >= 0.6 is 0 Å². The van der Waals surface area contributed by atoms with Crippen molar-refractivity contribution in [1.82, 2.24) is 4.90 Å². The van der Waals surface area contributed by atoms with Crippen molar-refractivity contribution in [2.75, 3.05) is 20.7 Å². The zero-order valence-corrected chi connectivity index (χ0v) is 11.2. The molecule has 1 aliphatic rings. The van der Waals surface area contributed by atoms with E-state index in [2.05, 4.69) is 45.0 Å². The highest BCUT2D eigenvalue weighted by Gasteiger charge is 2.30. The topological polar surface area (TPSA) is 38.5 Å². The Labute approximate surface area is 104 Å². The summed E-state index contributed by atoms with van der Waals surface area (Å²) in [5, 5.41) is 0. The molecule has 1 heterocycles. The van der Waals surface area contributed by atoms with Crippen molar-refractivity contribution in [3.8, 4) is 5.75 Å². The molecule has 0 aliphatic carbocycles. The number of fused-ring (bicyclic) bond motifs is 1. The molecule has 0 saturated carbocycles. The smallest absolute Gasteiger partial charge is 0.122 e. The summed E-state index contributed by atoms with van der Waals surface area (Å²) in [6.45, 7) is 5.13. The Morgan fingerprint density at radius 3 is 2.71 bits per heavy atom. The molecule has 1 aliphatic heterocycles. The van der Waals surface area contributed by atoms with Gasteiger partial charge < -0.3 is 15.4 Å². The number of hydrogen-bond acceptors (Lipinski definition) is 3. The van der Waals surface area contributed by atoms with Crippen LogP contribution in [0.4, 0.5) is 0 Å². The summed E-state index contributed by atoms with van der Waals surface area (Å²) in [4.78, 5) is 2.17. The predicted molar refractivity (Wildman–Crippen MR) is 70.3 cm³/mol. The molecule has 0 radical (unpaired) electrons. The fourth-order valence-electron chi connectivity index (χ4n) is 2.09. The first kappa shape index (κ1) is 12.4. The van der Waals surface area contributed by atoms with Crippen LogP contribution in [0.5, 0.6) is 5.75 Å². The first-order valence-corrected chi connectivity index (χ1v) is 6.11. The van der Waals surface area contributed by atoms with Gasteiger partial charge in [-0.25, -0.2) is 0 Å². The van der Waals surface area contributed by atoms with E-state index in [0.29, 0.717) is 0 Å². The predicted octanol–water partition coefficient (Wildman–Crippen LogP) is 1.96. The lowest BCUT2D eigenvalue weighted by Crippen LogP contribution is -2.47. The molecule has 1 aromatic carbocycles. The van der Waals surface area contributed by atoms with Gasteiger partial charge in [0.05, 0.1) is 6.61 Å². The second-order valence-corrected chi connectivity index (χ2v) is 5.49. The Hall–Kier alpha value is -1.06. The molecule has 0 aromatic heterocycles. The number of hydrogen-bond donors (Lipinski definition) is 1. The molecule has 0 spiro atoms. The van der Waals surface area contributed by atoms with Crippen molar-refractivity contribution >= 4 is 0 Å². The van der Waals surface area contributed by atoms with Crippen molar-refractivity contribution in [3.63, 3.8) is 0 Å². The lowest BCUT2D eigenvalue weighted by Gasteiger charge is -2.38. The van der Waals surface area contributed by atoms with Gasteiger partial charge in [-0.05, 0) is 45.1 Å². The van der Waals surface area contributed by atoms with Gasteiger partial charge >= 0.3 is 0 Å². The minimum absolute atomic E-state index is 0.00315. The normalized spacial score (nSPS) is 16.8. The van der Waals surface area contributed by atoms with Gasteiger partial charge in [0, 0.05) is 18.0 Å². The molecule has 1 unspecified atom stereocenters. The second kappa shape index (κ2) is 4.31. The van der Waals surface area contributed by atoms with Crippen LogP contribution in [-0.4, -0.2) is 31.1 Å². The fraction of sp³-hybridized carbons (Fsp3) is 0.571. The van der Waals surface area contributed by atoms with Gasteiger partial charge in [0.15, 0.2) is 0 Å². The largest absolute Gasteiger partial charge is 0.493 e. The van der Waals surface area contributed by atoms with E-state index in [0.717, 1.165) is 18.8 Å². The lowest BCUT2D eigenvalue weighted by molar-refractivity contribution is 0.159. The highest BCUT2D eigenvalue weighted by atomic mass is 16.5. The van der Waals surface area contributed by atoms with E-state index in [1.54, 1.807) is 0 Å². The van der Waals surface area contributed by atoms with Crippen LogP contribution in [0.15, 0.2) is 18.2 Å². The van der Waals surface area contributed by atoms with Crippen LogP contribution in [0.25, 0.3) is 0 Å². The number of nitrogens with two attached hydrogens (primary N) is 1. The summed E-state index contributed by atoms with van der Waals surface area (Å²) in [6, 6.07) is 6.32. The molecule has 94 valence electrons. The molecule has 0 amide bonds. The first-order chi connectivity index (χ1) is 7.93. The molecule has 0 saturated heterocycles. The molecule has 2 N–H and O–H groups in total. The average Bonchev–Trinajstić information content (AvgIpc) is 2.74. The quantitative estimate of drug-likeness (QED) is 0.869. The van der Waals surface area contributed by atoms with Crippen LogP contribution < -0.4 is 10.5 Å². The van der Waals surface area contributed by atoms with E-state index in [-0.39, 0.29) is 11.6 Å². The Morgan fingerprint density at radius 1 is 1.35 bits per heavy atom. The van der Waals surface area contributed by atoms with Crippen LogP contribution in [0, 0.1) is 0 Å². The Kier molecular flexibility index (Phi) is 3.15. The van der Waals surface area contributed by atoms with Gasteiger partial charge in [0.2, 0.25) is 0 Å². The summed E-state index contributed by atoms with van der Waals surface area (Å²) in [6.07, 6.45) is 0.998.